The average molecular weight is 232 g/mol. The van der Waals surface area contributed by atoms with Crippen molar-refractivity contribution in [3.8, 4) is 0 Å². The molecule has 1 rings (SSSR count). The highest BCUT2D eigenvalue weighted by Gasteiger charge is 2.11. The number of esters is 1. The first-order valence-electron chi connectivity index (χ1n) is 3.98. The lowest BCUT2D eigenvalue weighted by Gasteiger charge is -2.03. The molecular formula is C9H9FO4S. The number of methoxy groups -OCH3 is 1. The van der Waals surface area contributed by atoms with Gasteiger partial charge in [-0.05, 0) is 18.2 Å². The first-order chi connectivity index (χ1) is 7.04. The van der Waals surface area contributed by atoms with Gasteiger partial charge in [0.2, 0.25) is 0 Å². The van der Waals surface area contributed by atoms with Crippen LogP contribution < -0.4 is 0 Å². The highest BCUT2D eigenvalue weighted by Crippen LogP contribution is 2.13. The van der Waals surface area contributed by atoms with Crippen LogP contribution in [-0.2, 0) is 21.6 Å². The van der Waals surface area contributed by atoms with Crippen LogP contribution in [0.5, 0.6) is 0 Å². The molecule has 0 aliphatic carbocycles. The van der Waals surface area contributed by atoms with Crippen LogP contribution in [0.2, 0.25) is 0 Å². The minimum atomic E-state index is -2.14. The van der Waals surface area contributed by atoms with E-state index in [1.807, 2.05) is 0 Å². The molecule has 0 heterocycles. The summed E-state index contributed by atoms with van der Waals surface area (Å²) in [7, 11) is 1.20. The number of hydrogen-bond acceptors (Lipinski definition) is 3. The molecule has 0 spiro atoms. The Bertz CT molecular complexity index is 405. The third kappa shape index (κ3) is 3.10. The maximum atomic E-state index is 13.1. The number of carbonyl (C=O) groups is 1. The molecule has 0 bridgehead atoms. The van der Waals surface area contributed by atoms with Gasteiger partial charge in [-0.25, -0.2) is 13.4 Å². The van der Waals surface area contributed by atoms with E-state index < -0.39 is 22.9 Å². The molecule has 0 aromatic heterocycles. The number of halogens is 1. The first-order valence-corrected chi connectivity index (χ1v) is 5.26. The minimum absolute atomic E-state index is 0.0127. The molecule has 0 aliphatic heterocycles. The zero-order valence-corrected chi connectivity index (χ0v) is 8.71. The lowest BCUT2D eigenvalue weighted by molar-refractivity contribution is 0.0600. The van der Waals surface area contributed by atoms with Crippen LogP contribution in [0.3, 0.4) is 0 Å². The van der Waals surface area contributed by atoms with Crippen LogP contribution in [0.4, 0.5) is 4.39 Å². The third-order valence-corrected chi connectivity index (χ3v) is 2.30. The molecule has 82 valence electrons. The summed E-state index contributed by atoms with van der Waals surface area (Å²) in [5.41, 5.74) is 0.165. The fourth-order valence-corrected chi connectivity index (χ4v) is 1.55. The molecule has 4 nitrogen and oxygen atoms in total. The van der Waals surface area contributed by atoms with Crippen LogP contribution in [-0.4, -0.2) is 21.8 Å². The topological polar surface area (TPSA) is 63.6 Å². The van der Waals surface area contributed by atoms with Gasteiger partial charge in [-0.1, -0.05) is 0 Å². The van der Waals surface area contributed by atoms with Gasteiger partial charge < -0.3 is 9.29 Å². The zero-order valence-electron chi connectivity index (χ0n) is 7.90. The molecule has 0 radical (unpaired) electrons. The molecule has 1 aromatic rings. The van der Waals surface area contributed by atoms with Crippen molar-refractivity contribution in [1.82, 2.24) is 0 Å². The number of ether oxygens (including phenoxy) is 1. The van der Waals surface area contributed by atoms with E-state index in [0.717, 1.165) is 6.07 Å². The van der Waals surface area contributed by atoms with Gasteiger partial charge in [0, 0.05) is 5.56 Å². The summed E-state index contributed by atoms with van der Waals surface area (Å²) in [5.74, 6) is -1.58. The van der Waals surface area contributed by atoms with Crippen LogP contribution in [0, 0.1) is 5.82 Å². The maximum absolute atomic E-state index is 13.1. The van der Waals surface area contributed by atoms with Crippen molar-refractivity contribution in [2.75, 3.05) is 7.11 Å². The predicted octanol–water partition coefficient (Wildman–Crippen LogP) is 1.33. The summed E-state index contributed by atoms with van der Waals surface area (Å²) in [6.45, 7) is 0. The highest BCUT2D eigenvalue weighted by molar-refractivity contribution is 7.78. The molecule has 0 fully saturated rings. The van der Waals surface area contributed by atoms with Crippen molar-refractivity contribution in [3.63, 3.8) is 0 Å². The van der Waals surface area contributed by atoms with Crippen molar-refractivity contribution in [1.29, 1.82) is 0 Å². The smallest absolute Gasteiger partial charge is 0.337 e. The predicted molar refractivity (Wildman–Crippen MR) is 52.2 cm³/mol. The van der Waals surface area contributed by atoms with Crippen LogP contribution in [0.25, 0.3) is 0 Å². The summed E-state index contributed by atoms with van der Waals surface area (Å²) >= 11 is -2.14. The second kappa shape index (κ2) is 4.99. The molecule has 0 saturated heterocycles. The van der Waals surface area contributed by atoms with Crippen molar-refractivity contribution in [2.45, 2.75) is 5.75 Å². The van der Waals surface area contributed by atoms with Crippen molar-refractivity contribution in [3.05, 3.63) is 35.1 Å². The molecular weight excluding hydrogens is 223 g/mol. The Kier molecular flexibility index (Phi) is 3.93. The average Bonchev–Trinajstić information content (AvgIpc) is 2.19. The molecule has 0 amide bonds. The van der Waals surface area contributed by atoms with E-state index >= 15 is 0 Å². The van der Waals surface area contributed by atoms with E-state index in [1.165, 1.54) is 19.2 Å². The summed E-state index contributed by atoms with van der Waals surface area (Å²) in [6.07, 6.45) is 0. The summed E-state index contributed by atoms with van der Waals surface area (Å²) in [5, 5.41) is 0. The quantitative estimate of drug-likeness (QED) is 0.631. The van der Waals surface area contributed by atoms with Crippen LogP contribution in [0.1, 0.15) is 15.9 Å². The van der Waals surface area contributed by atoms with Gasteiger partial charge >= 0.3 is 5.97 Å². The van der Waals surface area contributed by atoms with E-state index in [-0.39, 0.29) is 16.9 Å². The van der Waals surface area contributed by atoms with Crippen LogP contribution >= 0.6 is 0 Å². The van der Waals surface area contributed by atoms with Gasteiger partial charge in [0.1, 0.15) is 5.82 Å². The Labute approximate surface area is 88.3 Å². The molecule has 6 heteroatoms. The molecule has 1 N–H and O–H groups in total. The summed E-state index contributed by atoms with van der Waals surface area (Å²) in [6, 6.07) is 3.52. The minimum Gasteiger partial charge on any atom is -0.465 e. The summed E-state index contributed by atoms with van der Waals surface area (Å²) in [4.78, 5) is 11.1. The number of rotatable bonds is 3. The Balaban J connectivity index is 3.05. The Morgan fingerprint density at radius 3 is 2.80 bits per heavy atom. The molecule has 15 heavy (non-hydrogen) atoms. The molecule has 0 aliphatic rings. The first kappa shape index (κ1) is 11.8. The third-order valence-electron chi connectivity index (χ3n) is 1.75. The summed E-state index contributed by atoms with van der Waals surface area (Å²) < 4.78 is 36.6. The molecule has 1 unspecified atom stereocenters. The molecule has 1 aromatic carbocycles. The van der Waals surface area contributed by atoms with Gasteiger partial charge in [0.25, 0.3) is 0 Å². The van der Waals surface area contributed by atoms with Crippen molar-refractivity contribution < 1.29 is 22.7 Å². The lowest BCUT2D eigenvalue weighted by atomic mass is 10.1. The molecule has 1 atom stereocenters. The fraction of sp³-hybridized carbons (Fsp3) is 0.222. The van der Waals surface area contributed by atoms with Crippen molar-refractivity contribution in [2.24, 2.45) is 0 Å². The number of hydrogen-bond donors (Lipinski definition) is 1. The van der Waals surface area contributed by atoms with E-state index in [2.05, 4.69) is 4.74 Å². The second-order valence-corrected chi connectivity index (χ2v) is 3.70. The van der Waals surface area contributed by atoms with Gasteiger partial charge in [-0.2, -0.15) is 0 Å². The van der Waals surface area contributed by atoms with E-state index in [0.29, 0.717) is 0 Å². The van der Waals surface area contributed by atoms with Gasteiger partial charge in [-0.15, -0.1) is 0 Å². The largest absolute Gasteiger partial charge is 0.465 e. The van der Waals surface area contributed by atoms with Gasteiger partial charge in [0.15, 0.2) is 11.1 Å². The van der Waals surface area contributed by atoms with Gasteiger partial charge in [0.05, 0.1) is 18.4 Å². The SMILES string of the molecule is COC(=O)c1ccc(F)c(CS(=O)O)c1. The fourth-order valence-electron chi connectivity index (χ4n) is 1.06. The zero-order chi connectivity index (χ0) is 11.4. The number of benzene rings is 1. The van der Waals surface area contributed by atoms with Crippen molar-refractivity contribution >= 4 is 17.0 Å². The second-order valence-electron chi connectivity index (χ2n) is 2.76. The van der Waals surface area contributed by atoms with Gasteiger partial charge in [-0.3, -0.25) is 0 Å². The lowest BCUT2D eigenvalue weighted by Crippen LogP contribution is -2.04. The highest BCUT2D eigenvalue weighted by atomic mass is 32.2. The maximum Gasteiger partial charge on any atom is 0.337 e. The van der Waals surface area contributed by atoms with E-state index in [1.54, 1.807) is 0 Å². The monoisotopic (exact) mass is 232 g/mol. The Hall–Kier alpha value is -1.27. The standard InChI is InChI=1S/C9H9FO4S/c1-14-9(11)6-2-3-8(10)7(4-6)5-15(12)13/h2-4H,5H2,1H3,(H,12,13). The molecule has 0 saturated carbocycles. The normalized spacial score (nSPS) is 12.2. The number of carbonyl (C=O) groups excluding carboxylic acids is 1. The van der Waals surface area contributed by atoms with Crippen LogP contribution in [0.15, 0.2) is 18.2 Å². The Morgan fingerprint density at radius 2 is 2.27 bits per heavy atom. The van der Waals surface area contributed by atoms with E-state index in [9.17, 15) is 13.4 Å². The Morgan fingerprint density at radius 1 is 1.60 bits per heavy atom. The van der Waals surface area contributed by atoms with E-state index in [4.69, 9.17) is 4.55 Å².